The van der Waals surface area contributed by atoms with Crippen LogP contribution in [0.2, 0.25) is 0 Å². The number of hydrogen-bond donors (Lipinski definition) is 1. The van der Waals surface area contributed by atoms with Crippen LogP contribution in [0.15, 0.2) is 58.3 Å². The van der Waals surface area contributed by atoms with Gasteiger partial charge in [-0.15, -0.1) is 29.3 Å². The number of aromatic nitrogens is 2. The number of allylic oxidation sites excluding steroid dienone is 1. The molecule has 1 aliphatic rings. The summed E-state index contributed by atoms with van der Waals surface area (Å²) < 4.78 is 1.57. The van der Waals surface area contributed by atoms with E-state index in [-0.39, 0.29) is 17.2 Å². The lowest BCUT2D eigenvalue weighted by Gasteiger charge is -2.17. The standard InChI is InChI=1S/C27H24N4O2S3/c1-3-11-31-26(33)23-20(17-7-5-4-6-8-17)14-34-25(23)30-27(31)35-15-22(32)29-24-19(13-28)18-10-9-16(2)12-21(18)36-24/h3-8,14,16H,1,9-12,15H2,2H3,(H,29,32). The first kappa shape index (κ1) is 24.5. The first-order valence-electron chi connectivity index (χ1n) is 11.7. The molecule has 1 N–H and O–H groups in total. The minimum Gasteiger partial charge on any atom is -0.316 e. The van der Waals surface area contributed by atoms with Gasteiger partial charge in [0, 0.05) is 22.4 Å². The van der Waals surface area contributed by atoms with Crippen molar-refractivity contribution in [3.63, 3.8) is 0 Å². The van der Waals surface area contributed by atoms with Gasteiger partial charge in [0.2, 0.25) is 5.91 Å². The third-order valence-corrected chi connectivity index (χ3v) is 9.28. The Balaban J connectivity index is 1.40. The number of rotatable bonds is 7. The number of nitrogens with zero attached hydrogens (tertiary/aromatic N) is 3. The molecule has 3 heterocycles. The van der Waals surface area contributed by atoms with E-state index in [1.165, 1.54) is 39.3 Å². The molecular formula is C27H24N4O2S3. The Morgan fingerprint density at radius 1 is 1.39 bits per heavy atom. The van der Waals surface area contributed by atoms with E-state index in [0.717, 1.165) is 36.0 Å². The topological polar surface area (TPSA) is 87.8 Å². The molecule has 1 aliphatic carbocycles. The van der Waals surface area contributed by atoms with E-state index in [1.807, 2.05) is 35.7 Å². The largest absolute Gasteiger partial charge is 0.316 e. The average molecular weight is 533 g/mol. The molecular weight excluding hydrogens is 509 g/mol. The van der Waals surface area contributed by atoms with Crippen molar-refractivity contribution in [2.45, 2.75) is 37.9 Å². The highest BCUT2D eigenvalue weighted by Crippen LogP contribution is 2.39. The number of hydrogen-bond acceptors (Lipinski definition) is 7. The van der Waals surface area contributed by atoms with Crippen LogP contribution in [0.5, 0.6) is 0 Å². The number of carbonyl (C=O) groups excluding carboxylic acids is 1. The summed E-state index contributed by atoms with van der Waals surface area (Å²) in [7, 11) is 0. The van der Waals surface area contributed by atoms with Gasteiger partial charge in [-0.3, -0.25) is 14.2 Å². The fourth-order valence-electron chi connectivity index (χ4n) is 4.49. The highest BCUT2D eigenvalue weighted by Gasteiger charge is 2.25. The van der Waals surface area contributed by atoms with Crippen LogP contribution in [0.25, 0.3) is 21.3 Å². The summed E-state index contributed by atoms with van der Waals surface area (Å²) in [5.74, 6) is 0.443. The molecule has 0 fully saturated rings. The summed E-state index contributed by atoms with van der Waals surface area (Å²) in [6.07, 6.45) is 4.54. The van der Waals surface area contributed by atoms with Crippen LogP contribution in [-0.4, -0.2) is 21.2 Å². The highest BCUT2D eigenvalue weighted by molar-refractivity contribution is 7.99. The number of nitriles is 1. The van der Waals surface area contributed by atoms with E-state index in [4.69, 9.17) is 4.98 Å². The molecule has 0 saturated carbocycles. The molecule has 6 nitrogen and oxygen atoms in total. The maximum Gasteiger partial charge on any atom is 0.263 e. The number of fused-ring (bicyclic) bond motifs is 2. The summed E-state index contributed by atoms with van der Waals surface area (Å²) in [6.45, 7) is 6.30. The van der Waals surface area contributed by atoms with Crippen LogP contribution in [0.4, 0.5) is 5.00 Å². The van der Waals surface area contributed by atoms with Crippen LogP contribution < -0.4 is 10.9 Å². The van der Waals surface area contributed by atoms with Gasteiger partial charge in [-0.05, 0) is 36.3 Å². The fourth-order valence-corrected chi connectivity index (χ4v) is 7.66. The smallest absolute Gasteiger partial charge is 0.263 e. The summed E-state index contributed by atoms with van der Waals surface area (Å²) in [5.41, 5.74) is 3.36. The number of anilines is 1. The number of benzene rings is 1. The lowest BCUT2D eigenvalue weighted by atomic mass is 9.89. The Hall–Kier alpha value is -3.19. The predicted octanol–water partition coefficient (Wildman–Crippen LogP) is 6.10. The number of thiophene rings is 2. The molecule has 5 rings (SSSR count). The molecule has 3 aromatic heterocycles. The highest BCUT2D eigenvalue weighted by atomic mass is 32.2. The maximum absolute atomic E-state index is 13.5. The molecule has 0 aliphatic heterocycles. The zero-order chi connectivity index (χ0) is 25.2. The van der Waals surface area contributed by atoms with Gasteiger partial charge in [0.05, 0.1) is 16.7 Å². The normalized spacial score (nSPS) is 14.8. The van der Waals surface area contributed by atoms with Crippen molar-refractivity contribution in [3.05, 3.63) is 74.7 Å². The fraction of sp³-hybridized carbons (Fsp3) is 0.259. The SMILES string of the molecule is C=CCn1c(SCC(=O)Nc2sc3c(c2C#N)CCC(C)C3)nc2scc(-c3ccccc3)c2c1=O. The average Bonchev–Trinajstić information content (AvgIpc) is 3.45. The second-order valence-electron chi connectivity index (χ2n) is 8.80. The number of carbonyl (C=O) groups is 1. The molecule has 1 atom stereocenters. The summed E-state index contributed by atoms with van der Waals surface area (Å²) >= 11 is 4.15. The predicted molar refractivity (Wildman–Crippen MR) is 149 cm³/mol. The Kier molecular flexibility index (Phi) is 7.10. The van der Waals surface area contributed by atoms with Crippen molar-refractivity contribution in [2.75, 3.05) is 11.1 Å². The lowest BCUT2D eigenvalue weighted by molar-refractivity contribution is -0.113. The first-order chi connectivity index (χ1) is 17.5. The molecule has 0 radical (unpaired) electrons. The molecule has 1 unspecified atom stereocenters. The summed E-state index contributed by atoms with van der Waals surface area (Å²) in [4.78, 5) is 32.9. The number of nitrogens with one attached hydrogen (secondary N) is 1. The van der Waals surface area contributed by atoms with Crippen molar-refractivity contribution >= 4 is 55.6 Å². The molecule has 1 aromatic carbocycles. The Labute approximate surface area is 221 Å². The van der Waals surface area contributed by atoms with Gasteiger partial charge in [0.1, 0.15) is 15.9 Å². The van der Waals surface area contributed by atoms with Crippen LogP contribution in [0.1, 0.15) is 29.3 Å². The Morgan fingerprint density at radius 2 is 2.19 bits per heavy atom. The molecule has 9 heteroatoms. The van der Waals surface area contributed by atoms with Gasteiger partial charge in [-0.1, -0.05) is 55.1 Å². The van der Waals surface area contributed by atoms with Gasteiger partial charge in [-0.25, -0.2) is 4.98 Å². The zero-order valence-electron chi connectivity index (χ0n) is 19.7. The summed E-state index contributed by atoms with van der Waals surface area (Å²) in [6, 6.07) is 12.1. The second-order valence-corrected chi connectivity index (χ2v) is 11.7. The van der Waals surface area contributed by atoms with Gasteiger partial charge < -0.3 is 5.32 Å². The van der Waals surface area contributed by atoms with Crippen LogP contribution in [0, 0.1) is 17.2 Å². The molecule has 0 spiro atoms. The third kappa shape index (κ3) is 4.64. The number of amides is 1. The third-order valence-electron chi connectivity index (χ3n) is 6.26. The van der Waals surface area contributed by atoms with Crippen molar-refractivity contribution in [1.29, 1.82) is 5.26 Å². The summed E-state index contributed by atoms with van der Waals surface area (Å²) in [5, 5.41) is 16.3. The molecule has 0 bridgehead atoms. The van der Waals surface area contributed by atoms with E-state index >= 15 is 0 Å². The van der Waals surface area contributed by atoms with Crippen molar-refractivity contribution < 1.29 is 4.79 Å². The van der Waals surface area contributed by atoms with E-state index in [1.54, 1.807) is 10.6 Å². The molecule has 1 amide bonds. The minimum absolute atomic E-state index is 0.0792. The lowest BCUT2D eigenvalue weighted by Crippen LogP contribution is -2.23. The van der Waals surface area contributed by atoms with Gasteiger partial charge in [0.25, 0.3) is 5.56 Å². The Morgan fingerprint density at radius 3 is 2.94 bits per heavy atom. The van der Waals surface area contributed by atoms with Gasteiger partial charge in [-0.2, -0.15) is 5.26 Å². The molecule has 4 aromatic rings. The van der Waals surface area contributed by atoms with Crippen LogP contribution >= 0.6 is 34.4 Å². The van der Waals surface area contributed by atoms with Gasteiger partial charge >= 0.3 is 0 Å². The monoisotopic (exact) mass is 532 g/mol. The van der Waals surface area contributed by atoms with Gasteiger partial charge in [0.15, 0.2) is 5.16 Å². The quantitative estimate of drug-likeness (QED) is 0.177. The van der Waals surface area contributed by atoms with E-state index in [2.05, 4.69) is 24.9 Å². The van der Waals surface area contributed by atoms with Crippen LogP contribution in [0.3, 0.4) is 0 Å². The minimum atomic E-state index is -0.223. The first-order valence-corrected chi connectivity index (χ1v) is 14.3. The zero-order valence-corrected chi connectivity index (χ0v) is 22.2. The van der Waals surface area contributed by atoms with Crippen molar-refractivity contribution in [3.8, 4) is 17.2 Å². The second kappa shape index (κ2) is 10.4. The van der Waals surface area contributed by atoms with Crippen molar-refractivity contribution in [1.82, 2.24) is 9.55 Å². The molecule has 0 saturated heterocycles. The van der Waals surface area contributed by atoms with E-state index in [9.17, 15) is 14.9 Å². The van der Waals surface area contributed by atoms with Crippen LogP contribution in [-0.2, 0) is 24.2 Å². The van der Waals surface area contributed by atoms with E-state index < -0.39 is 0 Å². The van der Waals surface area contributed by atoms with E-state index in [0.29, 0.717) is 38.4 Å². The molecule has 36 heavy (non-hydrogen) atoms. The maximum atomic E-state index is 13.5. The Bertz CT molecular complexity index is 1560. The van der Waals surface area contributed by atoms with Crippen molar-refractivity contribution in [2.24, 2.45) is 5.92 Å². The molecule has 182 valence electrons. The number of thioether (sulfide) groups is 1.